The van der Waals surface area contributed by atoms with E-state index in [-0.39, 0.29) is 17.4 Å². The number of hydrogen-bond donors (Lipinski definition) is 1. The molecule has 0 aliphatic heterocycles. The van der Waals surface area contributed by atoms with Gasteiger partial charge in [0.2, 0.25) is 0 Å². The first-order valence-electron chi connectivity index (χ1n) is 8.97. The molecule has 1 N–H and O–H groups in total. The van der Waals surface area contributed by atoms with Crippen LogP contribution in [-0.2, 0) is 6.54 Å². The van der Waals surface area contributed by atoms with Crippen LogP contribution in [0.25, 0.3) is 0 Å². The number of amides is 1. The van der Waals surface area contributed by atoms with Crippen molar-refractivity contribution in [1.82, 2.24) is 4.98 Å². The summed E-state index contributed by atoms with van der Waals surface area (Å²) in [6, 6.07) is 16.7. The molecule has 6 heteroatoms. The summed E-state index contributed by atoms with van der Waals surface area (Å²) < 4.78 is 26.8. The highest BCUT2D eigenvalue weighted by Gasteiger charge is 2.16. The summed E-state index contributed by atoms with van der Waals surface area (Å²) in [6.07, 6.45) is 1.55. The lowest BCUT2D eigenvalue weighted by Crippen LogP contribution is -2.30. The first kappa shape index (κ1) is 19.5. The average Bonchev–Trinajstić information content (AvgIpc) is 2.69. The molecule has 0 saturated heterocycles. The molecule has 0 unspecified atom stereocenters. The summed E-state index contributed by atoms with van der Waals surface area (Å²) in [5.41, 5.74) is 2.04. The monoisotopic (exact) mass is 381 g/mol. The zero-order valence-corrected chi connectivity index (χ0v) is 15.7. The van der Waals surface area contributed by atoms with Gasteiger partial charge in [0, 0.05) is 30.5 Å². The van der Waals surface area contributed by atoms with Crippen LogP contribution in [0.2, 0.25) is 0 Å². The fourth-order valence-corrected chi connectivity index (χ4v) is 2.85. The second-order valence-corrected chi connectivity index (χ2v) is 6.68. The van der Waals surface area contributed by atoms with Crippen molar-refractivity contribution >= 4 is 17.3 Å². The molecule has 3 aromatic rings. The molecule has 3 rings (SSSR count). The number of benzene rings is 2. The molecule has 0 spiro atoms. The minimum Gasteiger partial charge on any atom is -0.365 e. The van der Waals surface area contributed by atoms with E-state index in [1.165, 1.54) is 6.07 Å². The minimum atomic E-state index is -0.836. The Bertz CT molecular complexity index is 961. The fourth-order valence-electron chi connectivity index (χ4n) is 2.85. The molecular weight excluding hydrogens is 360 g/mol. The smallest absolute Gasteiger partial charge is 0.274 e. The summed E-state index contributed by atoms with van der Waals surface area (Å²) in [5, 5.41) is 2.44. The van der Waals surface area contributed by atoms with Gasteiger partial charge in [-0.3, -0.25) is 9.78 Å². The molecule has 0 aliphatic carbocycles. The third-order valence-corrected chi connectivity index (χ3v) is 4.31. The van der Waals surface area contributed by atoms with E-state index in [1.807, 2.05) is 36.4 Å². The van der Waals surface area contributed by atoms with E-state index in [4.69, 9.17) is 0 Å². The van der Waals surface area contributed by atoms with Crippen molar-refractivity contribution in [1.29, 1.82) is 0 Å². The van der Waals surface area contributed by atoms with Crippen LogP contribution < -0.4 is 10.2 Å². The van der Waals surface area contributed by atoms with Crippen LogP contribution in [-0.4, -0.2) is 16.9 Å². The van der Waals surface area contributed by atoms with Crippen molar-refractivity contribution in [2.24, 2.45) is 0 Å². The van der Waals surface area contributed by atoms with Crippen molar-refractivity contribution in [2.45, 2.75) is 26.4 Å². The minimum absolute atomic E-state index is 0.0939. The van der Waals surface area contributed by atoms with Gasteiger partial charge >= 0.3 is 0 Å². The standard InChI is InChI=1S/C22H21F2N3O/c1-15(2)27(14-16-6-4-3-5-7-16)18-10-11-25-21(13-18)22(28)26-20-9-8-17(23)12-19(20)24/h3-13,15H,14H2,1-2H3,(H,26,28). The lowest BCUT2D eigenvalue weighted by Gasteiger charge is -2.29. The summed E-state index contributed by atoms with van der Waals surface area (Å²) >= 11 is 0. The number of nitrogens with one attached hydrogen (secondary N) is 1. The van der Waals surface area contributed by atoms with Crippen LogP contribution in [0, 0.1) is 11.6 Å². The Morgan fingerprint density at radius 1 is 1.07 bits per heavy atom. The number of rotatable bonds is 6. The van der Waals surface area contributed by atoms with Gasteiger partial charge in [0.05, 0.1) is 5.69 Å². The number of aromatic nitrogens is 1. The summed E-state index contributed by atoms with van der Waals surface area (Å²) in [7, 11) is 0. The SMILES string of the molecule is CC(C)N(Cc1ccccc1)c1ccnc(C(=O)Nc2ccc(F)cc2F)c1. The number of nitrogens with zero attached hydrogens (tertiary/aromatic N) is 2. The molecule has 1 heterocycles. The van der Waals surface area contributed by atoms with E-state index >= 15 is 0 Å². The zero-order chi connectivity index (χ0) is 20.1. The predicted molar refractivity (Wildman–Crippen MR) is 106 cm³/mol. The van der Waals surface area contributed by atoms with Crippen molar-refractivity contribution in [3.8, 4) is 0 Å². The van der Waals surface area contributed by atoms with Crippen molar-refractivity contribution < 1.29 is 13.6 Å². The third-order valence-electron chi connectivity index (χ3n) is 4.31. The molecule has 144 valence electrons. The van der Waals surface area contributed by atoms with Crippen LogP contribution >= 0.6 is 0 Å². The fraction of sp³-hybridized carbons (Fsp3) is 0.182. The zero-order valence-electron chi connectivity index (χ0n) is 15.7. The molecule has 0 bridgehead atoms. The normalized spacial score (nSPS) is 10.8. The number of hydrogen-bond acceptors (Lipinski definition) is 3. The lowest BCUT2D eigenvalue weighted by atomic mass is 10.1. The van der Waals surface area contributed by atoms with E-state index in [2.05, 4.69) is 29.0 Å². The van der Waals surface area contributed by atoms with Gasteiger partial charge in [0.25, 0.3) is 5.91 Å². The Morgan fingerprint density at radius 3 is 2.50 bits per heavy atom. The van der Waals surface area contributed by atoms with E-state index in [1.54, 1.807) is 12.3 Å². The number of carbonyl (C=O) groups is 1. The van der Waals surface area contributed by atoms with Gasteiger partial charge in [-0.1, -0.05) is 30.3 Å². The summed E-state index contributed by atoms with van der Waals surface area (Å²) in [6.45, 7) is 4.81. The highest BCUT2D eigenvalue weighted by molar-refractivity contribution is 6.03. The molecule has 0 fully saturated rings. The second kappa shape index (κ2) is 8.61. The number of carbonyl (C=O) groups excluding carboxylic acids is 1. The van der Waals surface area contributed by atoms with Gasteiger partial charge < -0.3 is 10.2 Å². The Balaban J connectivity index is 1.82. The molecule has 0 saturated carbocycles. The van der Waals surface area contributed by atoms with Gasteiger partial charge in [-0.15, -0.1) is 0 Å². The predicted octanol–water partition coefficient (Wildman–Crippen LogP) is 5.03. The van der Waals surface area contributed by atoms with Crippen LogP contribution in [0.1, 0.15) is 29.9 Å². The maximum atomic E-state index is 13.8. The molecule has 1 amide bonds. The lowest BCUT2D eigenvalue weighted by molar-refractivity contribution is 0.102. The molecule has 0 atom stereocenters. The Morgan fingerprint density at radius 2 is 1.82 bits per heavy atom. The van der Waals surface area contributed by atoms with Crippen LogP contribution in [0.4, 0.5) is 20.2 Å². The Labute approximate surface area is 162 Å². The van der Waals surface area contributed by atoms with E-state index in [0.717, 1.165) is 23.4 Å². The van der Waals surface area contributed by atoms with Gasteiger partial charge in [0.1, 0.15) is 17.3 Å². The van der Waals surface area contributed by atoms with Gasteiger partial charge in [-0.05, 0) is 43.7 Å². The maximum absolute atomic E-state index is 13.8. The summed E-state index contributed by atoms with van der Waals surface area (Å²) in [4.78, 5) is 18.7. The van der Waals surface area contributed by atoms with Crippen molar-refractivity contribution in [3.63, 3.8) is 0 Å². The first-order chi connectivity index (χ1) is 13.4. The molecule has 0 radical (unpaired) electrons. The Hall–Kier alpha value is -3.28. The Kier molecular flexibility index (Phi) is 5.99. The average molecular weight is 381 g/mol. The first-order valence-corrected chi connectivity index (χ1v) is 8.97. The molecule has 2 aromatic carbocycles. The highest BCUT2D eigenvalue weighted by Crippen LogP contribution is 2.22. The van der Waals surface area contributed by atoms with Gasteiger partial charge in [-0.2, -0.15) is 0 Å². The number of anilines is 2. The van der Waals surface area contributed by atoms with E-state index < -0.39 is 17.5 Å². The van der Waals surface area contributed by atoms with Gasteiger partial charge in [0.15, 0.2) is 0 Å². The van der Waals surface area contributed by atoms with Gasteiger partial charge in [-0.25, -0.2) is 8.78 Å². The van der Waals surface area contributed by atoms with Crippen LogP contribution in [0.5, 0.6) is 0 Å². The molecule has 1 aromatic heterocycles. The molecule has 4 nitrogen and oxygen atoms in total. The van der Waals surface area contributed by atoms with Crippen LogP contribution in [0.3, 0.4) is 0 Å². The largest absolute Gasteiger partial charge is 0.365 e. The number of halogens is 2. The molecule has 28 heavy (non-hydrogen) atoms. The van der Waals surface area contributed by atoms with E-state index in [0.29, 0.717) is 6.54 Å². The second-order valence-electron chi connectivity index (χ2n) is 6.68. The third kappa shape index (κ3) is 4.71. The quantitative estimate of drug-likeness (QED) is 0.652. The topological polar surface area (TPSA) is 45.2 Å². The maximum Gasteiger partial charge on any atom is 0.274 e. The van der Waals surface area contributed by atoms with Crippen molar-refractivity contribution in [3.05, 3.63) is 89.8 Å². The van der Waals surface area contributed by atoms with Crippen molar-refractivity contribution in [2.75, 3.05) is 10.2 Å². The summed E-state index contributed by atoms with van der Waals surface area (Å²) in [5.74, 6) is -2.10. The molecular formula is C22H21F2N3O. The van der Waals surface area contributed by atoms with E-state index in [9.17, 15) is 13.6 Å². The van der Waals surface area contributed by atoms with Crippen LogP contribution in [0.15, 0.2) is 66.9 Å². The highest BCUT2D eigenvalue weighted by atomic mass is 19.1. The molecule has 0 aliphatic rings. The number of pyridine rings is 1.